The molecule has 3 atom stereocenters. The lowest BCUT2D eigenvalue weighted by Crippen LogP contribution is -2.54. The van der Waals surface area contributed by atoms with Gasteiger partial charge in [0.1, 0.15) is 18.9 Å². The quantitative estimate of drug-likeness (QED) is 0.306. The number of morpholine rings is 1. The molecule has 12 heteroatoms. The second kappa shape index (κ2) is 10.8. The lowest BCUT2D eigenvalue weighted by molar-refractivity contribution is -0.152. The predicted octanol–water partition coefficient (Wildman–Crippen LogP) is 2.38. The Labute approximate surface area is 189 Å². The maximum absolute atomic E-state index is 15.0. The minimum Gasteiger partial charge on any atom is -0.377 e. The molecule has 0 spiro atoms. The third-order valence-corrected chi connectivity index (χ3v) is 6.04. The summed E-state index contributed by atoms with van der Waals surface area (Å²) in [6, 6.07) is -2.09. The van der Waals surface area contributed by atoms with Crippen LogP contribution in [0, 0.1) is 11.7 Å². The van der Waals surface area contributed by atoms with Gasteiger partial charge in [-0.15, -0.1) is 0 Å². The van der Waals surface area contributed by atoms with E-state index in [1.54, 1.807) is 11.8 Å². The zero-order valence-electron chi connectivity index (χ0n) is 18.8. The highest BCUT2D eigenvalue weighted by molar-refractivity contribution is 5.50. The van der Waals surface area contributed by atoms with Gasteiger partial charge in [0, 0.05) is 26.2 Å². The molecule has 2 aliphatic rings. The molecule has 8 nitrogen and oxygen atoms in total. The van der Waals surface area contributed by atoms with Crippen molar-refractivity contribution in [3.05, 3.63) is 16.2 Å². The fraction of sp³-hybridized carbons (Fsp3) is 0.762. The van der Waals surface area contributed by atoms with E-state index in [4.69, 9.17) is 9.47 Å². The largest absolute Gasteiger partial charge is 0.408 e. The second-order valence-electron chi connectivity index (χ2n) is 8.61. The van der Waals surface area contributed by atoms with Crippen LogP contribution >= 0.6 is 0 Å². The van der Waals surface area contributed by atoms with Crippen LogP contribution in [0.5, 0.6) is 0 Å². The van der Waals surface area contributed by atoms with E-state index in [1.165, 1.54) is 0 Å². The molecule has 1 fully saturated rings. The van der Waals surface area contributed by atoms with Crippen molar-refractivity contribution in [2.75, 3.05) is 49.3 Å². The monoisotopic (exact) mass is 478 g/mol. The number of rotatable bonds is 9. The van der Waals surface area contributed by atoms with Crippen molar-refractivity contribution in [3.8, 4) is 0 Å². The number of aldehydes is 1. The fourth-order valence-electron chi connectivity index (χ4n) is 4.32. The lowest BCUT2D eigenvalue weighted by Gasteiger charge is -2.40. The van der Waals surface area contributed by atoms with Gasteiger partial charge in [-0.1, -0.05) is 6.92 Å². The fourth-order valence-corrected chi connectivity index (χ4v) is 4.32. The van der Waals surface area contributed by atoms with E-state index >= 15 is 0 Å². The van der Waals surface area contributed by atoms with Crippen LogP contribution < -0.4 is 15.4 Å². The summed E-state index contributed by atoms with van der Waals surface area (Å²) in [5, 5.41) is 0. The van der Waals surface area contributed by atoms with Crippen LogP contribution in [0.15, 0.2) is 4.79 Å². The molecule has 0 bridgehead atoms. The summed E-state index contributed by atoms with van der Waals surface area (Å²) in [6.45, 7) is 4.59. The number of aromatic nitrogens is 2. The molecule has 0 aliphatic carbocycles. The third kappa shape index (κ3) is 5.84. The molecule has 1 aromatic rings. The molecule has 1 aromatic heterocycles. The lowest BCUT2D eigenvalue weighted by atomic mass is 10.0. The summed E-state index contributed by atoms with van der Waals surface area (Å²) in [7, 11) is 0. The first-order chi connectivity index (χ1) is 15.6. The van der Waals surface area contributed by atoms with E-state index in [0.717, 1.165) is 9.47 Å². The molecule has 3 rings (SSSR count). The van der Waals surface area contributed by atoms with E-state index in [1.807, 2.05) is 6.92 Å². The van der Waals surface area contributed by atoms with Gasteiger partial charge in [-0.25, -0.2) is 0 Å². The van der Waals surface area contributed by atoms with Crippen LogP contribution in [0.3, 0.4) is 0 Å². The van der Waals surface area contributed by atoms with Crippen molar-refractivity contribution in [1.29, 1.82) is 0 Å². The van der Waals surface area contributed by atoms with Crippen molar-refractivity contribution in [2.24, 2.45) is 5.92 Å². The van der Waals surface area contributed by atoms with Gasteiger partial charge in [-0.05, 0) is 32.1 Å². The van der Waals surface area contributed by atoms with Crippen molar-refractivity contribution in [3.63, 3.8) is 0 Å². The summed E-state index contributed by atoms with van der Waals surface area (Å²) >= 11 is 0. The van der Waals surface area contributed by atoms with Crippen LogP contribution in [0.25, 0.3) is 0 Å². The summed E-state index contributed by atoms with van der Waals surface area (Å²) in [4.78, 5) is 30.0. The number of carbonyl (C=O) groups excluding carboxylic acids is 1. The summed E-state index contributed by atoms with van der Waals surface area (Å²) in [5.74, 6) is -1.41. The van der Waals surface area contributed by atoms with Gasteiger partial charge in [0.2, 0.25) is 11.8 Å². The van der Waals surface area contributed by atoms with Gasteiger partial charge < -0.3 is 24.1 Å². The average Bonchev–Trinajstić information content (AvgIpc) is 2.76. The first kappa shape index (κ1) is 25.4. The maximum atomic E-state index is 15.0. The average molecular weight is 478 g/mol. The minimum absolute atomic E-state index is 0.00161. The van der Waals surface area contributed by atoms with Gasteiger partial charge in [0.05, 0.1) is 19.3 Å². The number of anilines is 2. The summed E-state index contributed by atoms with van der Waals surface area (Å²) in [6.07, 6.45) is -3.31. The Balaban J connectivity index is 1.88. The first-order valence-corrected chi connectivity index (χ1v) is 11.1. The zero-order chi connectivity index (χ0) is 24.2. The Hall–Kier alpha value is -2.21. The van der Waals surface area contributed by atoms with Crippen molar-refractivity contribution >= 4 is 18.1 Å². The van der Waals surface area contributed by atoms with Gasteiger partial charge in [0.15, 0.2) is 5.82 Å². The predicted molar refractivity (Wildman–Crippen MR) is 113 cm³/mol. The number of carbonyl (C=O) groups is 1. The zero-order valence-corrected chi connectivity index (χ0v) is 18.8. The van der Waals surface area contributed by atoms with Crippen molar-refractivity contribution in [1.82, 2.24) is 9.55 Å². The van der Waals surface area contributed by atoms with Crippen LogP contribution in [0.1, 0.15) is 33.1 Å². The Morgan fingerprint density at radius 2 is 2.09 bits per heavy atom. The smallest absolute Gasteiger partial charge is 0.377 e. The van der Waals surface area contributed by atoms with E-state index in [9.17, 15) is 27.2 Å². The summed E-state index contributed by atoms with van der Waals surface area (Å²) < 4.78 is 68.1. The molecular formula is C21H30F4N4O4. The molecule has 0 saturated carbocycles. The highest BCUT2D eigenvalue weighted by Crippen LogP contribution is 2.35. The normalized spacial score (nSPS) is 22.2. The van der Waals surface area contributed by atoms with Gasteiger partial charge >= 0.3 is 6.18 Å². The van der Waals surface area contributed by atoms with Crippen LogP contribution in [-0.4, -0.2) is 73.6 Å². The van der Waals surface area contributed by atoms with E-state index < -0.39 is 23.6 Å². The molecule has 0 N–H and O–H groups in total. The molecule has 0 radical (unpaired) electrons. The standard InChI is InChI=1S/C21H30F4N4O4/c1-14(12-33-11-9-30)4-3-6-28-16(21(23,24)25)5-7-29-19(31)17(22)18(26-20(28)29)27-8-10-32-13-15(27)2/h9,14-16H,3-8,10-13H2,1-2H3/t14?,15-,16+/m1/s1. The van der Waals surface area contributed by atoms with Gasteiger partial charge in [0.25, 0.3) is 5.56 Å². The Bertz CT molecular complexity index is 879. The molecule has 3 heterocycles. The van der Waals surface area contributed by atoms with Crippen LogP contribution in [0.2, 0.25) is 0 Å². The first-order valence-electron chi connectivity index (χ1n) is 11.1. The molecule has 186 valence electrons. The molecule has 0 amide bonds. The van der Waals surface area contributed by atoms with E-state index in [0.29, 0.717) is 38.9 Å². The molecule has 33 heavy (non-hydrogen) atoms. The van der Waals surface area contributed by atoms with Gasteiger partial charge in [-0.3, -0.25) is 9.36 Å². The van der Waals surface area contributed by atoms with E-state index in [2.05, 4.69) is 4.98 Å². The molecule has 1 saturated heterocycles. The number of ether oxygens (including phenoxy) is 2. The topological polar surface area (TPSA) is 76.9 Å². The SMILES string of the molecule is CC(CCCN1c2nc(N3CCOC[C@H]3C)c(F)c(=O)n2CC[C@H]1C(F)(F)F)COCC=O. The Morgan fingerprint density at radius 3 is 2.76 bits per heavy atom. The maximum Gasteiger partial charge on any atom is 0.408 e. The van der Waals surface area contributed by atoms with Crippen molar-refractivity contribution < 1.29 is 31.8 Å². The number of alkyl halides is 3. The Morgan fingerprint density at radius 1 is 1.33 bits per heavy atom. The van der Waals surface area contributed by atoms with E-state index in [-0.39, 0.29) is 56.4 Å². The minimum atomic E-state index is -4.53. The molecule has 1 unspecified atom stereocenters. The number of nitrogens with zero attached hydrogens (tertiary/aromatic N) is 4. The number of hydrogen-bond donors (Lipinski definition) is 0. The second-order valence-corrected chi connectivity index (χ2v) is 8.61. The van der Waals surface area contributed by atoms with Crippen LogP contribution in [0.4, 0.5) is 29.3 Å². The molecule has 2 aliphatic heterocycles. The third-order valence-electron chi connectivity index (χ3n) is 6.04. The molecule has 0 aromatic carbocycles. The number of halogens is 4. The Kier molecular flexibility index (Phi) is 8.33. The number of hydrogen-bond acceptors (Lipinski definition) is 7. The highest BCUT2D eigenvalue weighted by Gasteiger charge is 2.47. The van der Waals surface area contributed by atoms with Crippen LogP contribution in [-0.2, 0) is 20.8 Å². The van der Waals surface area contributed by atoms with Crippen molar-refractivity contribution in [2.45, 2.75) is 57.9 Å². The highest BCUT2D eigenvalue weighted by atomic mass is 19.4. The number of fused-ring (bicyclic) bond motifs is 1. The summed E-state index contributed by atoms with van der Waals surface area (Å²) in [5.41, 5.74) is -0.963. The van der Waals surface area contributed by atoms with Gasteiger partial charge in [-0.2, -0.15) is 22.5 Å². The molecular weight excluding hydrogens is 448 g/mol.